The molecule has 0 aliphatic rings. The topological polar surface area (TPSA) is 78.4 Å². The third kappa shape index (κ3) is 4.21. The first-order chi connectivity index (χ1) is 8.54. The molecule has 98 valence electrons. The first-order valence-corrected chi connectivity index (χ1v) is 6.36. The van der Waals surface area contributed by atoms with Gasteiger partial charge < -0.3 is 15.7 Å². The summed E-state index contributed by atoms with van der Waals surface area (Å²) in [5.74, 6) is -1.08. The van der Waals surface area contributed by atoms with Gasteiger partial charge in [0.1, 0.15) is 6.04 Å². The number of aliphatic carboxylic acids is 1. The molecule has 1 aromatic rings. The number of carboxylic acids is 1. The molecule has 5 nitrogen and oxygen atoms in total. The Morgan fingerprint density at radius 2 is 2.28 bits per heavy atom. The fourth-order valence-electron chi connectivity index (χ4n) is 1.39. The van der Waals surface area contributed by atoms with Crippen molar-refractivity contribution in [3.8, 4) is 0 Å². The zero-order valence-corrected chi connectivity index (χ0v) is 10.9. The van der Waals surface area contributed by atoms with Crippen molar-refractivity contribution >= 4 is 23.3 Å². The minimum Gasteiger partial charge on any atom is -0.480 e. The van der Waals surface area contributed by atoms with Gasteiger partial charge in [0, 0.05) is 4.88 Å². The minimum atomic E-state index is -1.08. The second-order valence-corrected chi connectivity index (χ2v) is 4.75. The molecular weight excluding hydrogens is 252 g/mol. The molecule has 1 heterocycles. The van der Waals surface area contributed by atoms with E-state index in [1.165, 1.54) is 17.4 Å². The largest absolute Gasteiger partial charge is 0.480 e. The lowest BCUT2D eigenvalue weighted by Gasteiger charge is -2.16. The minimum absolute atomic E-state index is 0.150. The number of rotatable bonds is 6. The van der Waals surface area contributed by atoms with Crippen molar-refractivity contribution in [2.75, 3.05) is 0 Å². The maximum absolute atomic E-state index is 11.6. The fraction of sp³-hybridized carbons (Fsp3) is 0.333. The Balaban J connectivity index is 2.50. The average Bonchev–Trinajstić information content (AvgIpc) is 2.81. The number of carboxylic acid groups (broad SMARTS) is 1. The summed E-state index contributed by atoms with van der Waals surface area (Å²) < 4.78 is 0. The summed E-state index contributed by atoms with van der Waals surface area (Å²) in [4.78, 5) is 23.5. The van der Waals surface area contributed by atoms with Crippen LogP contribution in [0.15, 0.2) is 30.2 Å². The molecule has 0 fully saturated rings. The van der Waals surface area contributed by atoms with Gasteiger partial charge in [0.05, 0.1) is 6.04 Å². The van der Waals surface area contributed by atoms with Gasteiger partial charge in [-0.2, -0.15) is 0 Å². The van der Waals surface area contributed by atoms with Crippen LogP contribution in [-0.4, -0.2) is 23.1 Å². The van der Waals surface area contributed by atoms with Gasteiger partial charge in [-0.05, 0) is 24.8 Å². The molecule has 0 saturated heterocycles. The lowest BCUT2D eigenvalue weighted by Crippen LogP contribution is -2.46. The number of thiophene rings is 1. The zero-order valence-electron chi connectivity index (χ0n) is 10.1. The van der Waals surface area contributed by atoms with E-state index in [1.807, 2.05) is 24.4 Å². The van der Waals surface area contributed by atoms with Gasteiger partial charge in [-0.25, -0.2) is 9.59 Å². The standard InChI is InChI=1S/C12H16N2O3S/c1-3-5-9(11(15)16)14-12(17)13-8(2)10-6-4-7-18-10/h3-4,6-9H,1,5H2,2H3,(H,15,16)(H2,13,14,17). The summed E-state index contributed by atoms with van der Waals surface area (Å²) in [6.07, 6.45) is 1.65. The monoisotopic (exact) mass is 268 g/mol. The summed E-state index contributed by atoms with van der Waals surface area (Å²) in [7, 11) is 0. The van der Waals surface area contributed by atoms with Crippen LogP contribution >= 0.6 is 11.3 Å². The van der Waals surface area contributed by atoms with Crippen LogP contribution in [0.3, 0.4) is 0 Å². The molecule has 0 bridgehead atoms. The molecule has 1 rings (SSSR count). The first-order valence-electron chi connectivity index (χ1n) is 5.48. The molecule has 0 aliphatic carbocycles. The highest BCUT2D eigenvalue weighted by molar-refractivity contribution is 7.10. The molecule has 0 saturated carbocycles. The first kappa shape index (κ1) is 14.2. The number of carbonyl (C=O) groups is 2. The highest BCUT2D eigenvalue weighted by Crippen LogP contribution is 2.17. The number of hydrogen-bond acceptors (Lipinski definition) is 3. The average molecular weight is 268 g/mol. The molecule has 0 spiro atoms. The van der Waals surface area contributed by atoms with Crippen molar-refractivity contribution in [2.24, 2.45) is 0 Å². The molecule has 0 radical (unpaired) electrons. The summed E-state index contributed by atoms with van der Waals surface area (Å²) in [6.45, 7) is 5.30. The zero-order chi connectivity index (χ0) is 13.5. The smallest absolute Gasteiger partial charge is 0.326 e. The molecular formula is C12H16N2O3S. The van der Waals surface area contributed by atoms with Crippen LogP contribution in [0.2, 0.25) is 0 Å². The molecule has 18 heavy (non-hydrogen) atoms. The van der Waals surface area contributed by atoms with E-state index < -0.39 is 18.0 Å². The number of urea groups is 1. The van der Waals surface area contributed by atoms with Gasteiger partial charge in [-0.3, -0.25) is 0 Å². The predicted molar refractivity (Wildman–Crippen MR) is 70.6 cm³/mol. The van der Waals surface area contributed by atoms with E-state index in [0.29, 0.717) is 0 Å². The van der Waals surface area contributed by atoms with Crippen molar-refractivity contribution < 1.29 is 14.7 Å². The summed E-state index contributed by atoms with van der Waals surface area (Å²) >= 11 is 1.53. The lowest BCUT2D eigenvalue weighted by atomic mass is 10.2. The molecule has 2 unspecified atom stereocenters. The number of hydrogen-bond donors (Lipinski definition) is 3. The molecule has 2 amide bonds. The third-order valence-electron chi connectivity index (χ3n) is 2.32. The van der Waals surface area contributed by atoms with E-state index in [2.05, 4.69) is 17.2 Å². The highest BCUT2D eigenvalue weighted by Gasteiger charge is 2.19. The van der Waals surface area contributed by atoms with Crippen LogP contribution < -0.4 is 10.6 Å². The molecule has 3 N–H and O–H groups in total. The van der Waals surface area contributed by atoms with E-state index in [0.717, 1.165) is 4.88 Å². The quantitative estimate of drug-likeness (QED) is 0.692. The molecule has 0 aromatic carbocycles. The van der Waals surface area contributed by atoms with E-state index >= 15 is 0 Å². The van der Waals surface area contributed by atoms with Crippen molar-refractivity contribution in [3.63, 3.8) is 0 Å². The molecule has 2 atom stereocenters. The van der Waals surface area contributed by atoms with Crippen LogP contribution in [0, 0.1) is 0 Å². The van der Waals surface area contributed by atoms with Crippen LogP contribution in [0.4, 0.5) is 4.79 Å². The maximum atomic E-state index is 11.6. The normalized spacial score (nSPS) is 13.4. The van der Waals surface area contributed by atoms with Gasteiger partial charge in [0.25, 0.3) is 0 Å². The van der Waals surface area contributed by atoms with Crippen molar-refractivity contribution in [3.05, 3.63) is 35.0 Å². The second-order valence-electron chi connectivity index (χ2n) is 3.77. The van der Waals surface area contributed by atoms with Crippen molar-refractivity contribution in [1.29, 1.82) is 0 Å². The number of carbonyl (C=O) groups excluding carboxylic acids is 1. The molecule has 6 heteroatoms. The summed E-state index contributed by atoms with van der Waals surface area (Å²) in [6, 6.07) is 2.22. The van der Waals surface area contributed by atoms with Gasteiger partial charge in [0.15, 0.2) is 0 Å². The van der Waals surface area contributed by atoms with E-state index in [-0.39, 0.29) is 12.5 Å². The van der Waals surface area contributed by atoms with Gasteiger partial charge in [-0.15, -0.1) is 17.9 Å². The van der Waals surface area contributed by atoms with E-state index in [4.69, 9.17) is 5.11 Å². The Bertz CT molecular complexity index is 417. The fourth-order valence-corrected chi connectivity index (χ4v) is 2.13. The summed E-state index contributed by atoms with van der Waals surface area (Å²) in [5.41, 5.74) is 0. The second kappa shape index (κ2) is 6.80. The number of amides is 2. The van der Waals surface area contributed by atoms with Crippen LogP contribution in [0.25, 0.3) is 0 Å². The van der Waals surface area contributed by atoms with Gasteiger partial charge in [0.2, 0.25) is 0 Å². The Labute approximate surface area is 110 Å². The summed E-state index contributed by atoms with van der Waals surface area (Å²) in [5, 5.41) is 15.9. The molecule has 1 aromatic heterocycles. The van der Waals surface area contributed by atoms with Crippen LogP contribution in [0.5, 0.6) is 0 Å². The van der Waals surface area contributed by atoms with Crippen molar-refractivity contribution in [1.82, 2.24) is 10.6 Å². The van der Waals surface area contributed by atoms with Crippen molar-refractivity contribution in [2.45, 2.75) is 25.4 Å². The van der Waals surface area contributed by atoms with E-state index in [9.17, 15) is 9.59 Å². The van der Waals surface area contributed by atoms with Gasteiger partial charge >= 0.3 is 12.0 Å². The predicted octanol–water partition coefficient (Wildman–Crippen LogP) is 2.14. The Kier molecular flexibility index (Phi) is 5.38. The Hall–Kier alpha value is -1.82. The van der Waals surface area contributed by atoms with Crippen LogP contribution in [0.1, 0.15) is 24.3 Å². The highest BCUT2D eigenvalue weighted by atomic mass is 32.1. The van der Waals surface area contributed by atoms with E-state index in [1.54, 1.807) is 0 Å². The molecule has 0 aliphatic heterocycles. The van der Waals surface area contributed by atoms with Gasteiger partial charge in [-0.1, -0.05) is 12.1 Å². The Morgan fingerprint density at radius 3 is 2.78 bits per heavy atom. The Morgan fingerprint density at radius 1 is 1.56 bits per heavy atom. The van der Waals surface area contributed by atoms with Crippen LogP contribution in [-0.2, 0) is 4.79 Å². The SMILES string of the molecule is C=CCC(NC(=O)NC(C)c1cccs1)C(=O)O. The lowest BCUT2D eigenvalue weighted by molar-refractivity contribution is -0.139. The maximum Gasteiger partial charge on any atom is 0.326 e. The third-order valence-corrected chi connectivity index (χ3v) is 3.38. The number of nitrogens with one attached hydrogen (secondary N) is 2.